The first-order valence-corrected chi connectivity index (χ1v) is 13.7. The highest BCUT2D eigenvalue weighted by Gasteiger charge is 2.28. The van der Waals surface area contributed by atoms with E-state index >= 15 is 0 Å². The van der Waals surface area contributed by atoms with Crippen molar-refractivity contribution in [2.24, 2.45) is 0 Å². The number of ether oxygens (including phenoxy) is 2. The lowest BCUT2D eigenvalue weighted by Gasteiger charge is -2.32. The standard InChI is InChI=1S/C27H28Cl2O5S/c1-19-10-14-24(15-11-19)35(30,31)32-18-23-8-5-9-27(33-23)34-26(20-6-3-2-4-7-20)16-21-12-13-22(28)17-25(21)29/h2-4,6-7,10-15,17,23,26-27H,5,8-9,16,18H2,1H3/t23-,26?,27+/m1/s1. The second-order valence-corrected chi connectivity index (χ2v) is 11.1. The maximum atomic E-state index is 12.6. The Morgan fingerprint density at radius 1 is 1.00 bits per heavy atom. The molecule has 1 aliphatic rings. The van der Waals surface area contributed by atoms with E-state index in [2.05, 4.69) is 0 Å². The monoisotopic (exact) mass is 534 g/mol. The lowest BCUT2D eigenvalue weighted by molar-refractivity contribution is -0.220. The topological polar surface area (TPSA) is 61.8 Å². The summed E-state index contributed by atoms with van der Waals surface area (Å²) in [6.45, 7) is 1.84. The first kappa shape index (κ1) is 26.1. The van der Waals surface area contributed by atoms with Gasteiger partial charge in [0.1, 0.15) is 0 Å². The third kappa shape index (κ3) is 7.29. The molecule has 1 saturated heterocycles. The Morgan fingerprint density at radius 2 is 1.74 bits per heavy atom. The SMILES string of the molecule is Cc1ccc(S(=O)(=O)OC[C@H]2CCC[C@H](OC(Cc3ccc(Cl)cc3Cl)c3ccccc3)O2)cc1. The lowest BCUT2D eigenvalue weighted by Crippen LogP contribution is -2.34. The van der Waals surface area contributed by atoms with E-state index in [0.717, 1.165) is 23.1 Å². The number of hydrogen-bond donors (Lipinski definition) is 0. The summed E-state index contributed by atoms with van der Waals surface area (Å²) < 4.78 is 43.0. The fraction of sp³-hybridized carbons (Fsp3) is 0.333. The molecule has 0 spiro atoms. The zero-order valence-corrected chi connectivity index (χ0v) is 21.7. The van der Waals surface area contributed by atoms with E-state index in [4.69, 9.17) is 36.9 Å². The van der Waals surface area contributed by atoms with Crippen LogP contribution >= 0.6 is 23.2 Å². The van der Waals surface area contributed by atoms with Gasteiger partial charge in [-0.1, -0.05) is 77.3 Å². The van der Waals surface area contributed by atoms with Gasteiger partial charge in [-0.2, -0.15) is 8.42 Å². The van der Waals surface area contributed by atoms with E-state index in [1.54, 1.807) is 30.3 Å². The first-order chi connectivity index (χ1) is 16.8. The van der Waals surface area contributed by atoms with Gasteiger partial charge in [0.2, 0.25) is 0 Å². The van der Waals surface area contributed by atoms with Gasteiger partial charge in [0.25, 0.3) is 10.1 Å². The molecule has 3 aromatic rings. The number of hydrogen-bond acceptors (Lipinski definition) is 5. The molecule has 0 aromatic heterocycles. The smallest absolute Gasteiger partial charge is 0.297 e. The van der Waals surface area contributed by atoms with Gasteiger partial charge < -0.3 is 9.47 Å². The van der Waals surface area contributed by atoms with E-state index < -0.39 is 16.4 Å². The van der Waals surface area contributed by atoms with Crippen LogP contribution in [0.25, 0.3) is 0 Å². The zero-order chi connectivity index (χ0) is 24.8. The van der Waals surface area contributed by atoms with E-state index in [1.807, 2.05) is 49.4 Å². The molecule has 186 valence electrons. The van der Waals surface area contributed by atoms with Crippen molar-refractivity contribution >= 4 is 33.3 Å². The second-order valence-electron chi connectivity index (χ2n) is 8.65. The number of aryl methyl sites for hydroxylation is 1. The molecule has 8 heteroatoms. The van der Waals surface area contributed by atoms with Gasteiger partial charge in [0, 0.05) is 16.5 Å². The van der Waals surface area contributed by atoms with E-state index in [1.165, 1.54) is 0 Å². The van der Waals surface area contributed by atoms with Crippen LogP contribution in [0.15, 0.2) is 77.7 Å². The largest absolute Gasteiger partial charge is 0.347 e. The van der Waals surface area contributed by atoms with Crippen molar-refractivity contribution in [3.8, 4) is 0 Å². The van der Waals surface area contributed by atoms with Gasteiger partial charge in [0.15, 0.2) is 6.29 Å². The van der Waals surface area contributed by atoms with Crippen LogP contribution < -0.4 is 0 Å². The van der Waals surface area contributed by atoms with Crippen LogP contribution in [0.1, 0.15) is 42.1 Å². The summed E-state index contributed by atoms with van der Waals surface area (Å²) in [5, 5.41) is 1.16. The Morgan fingerprint density at radius 3 is 2.46 bits per heavy atom. The van der Waals surface area contributed by atoms with Crippen LogP contribution in [0, 0.1) is 6.92 Å². The van der Waals surface area contributed by atoms with Crippen molar-refractivity contribution in [1.82, 2.24) is 0 Å². The van der Waals surface area contributed by atoms with Crippen LogP contribution in [0.3, 0.4) is 0 Å². The molecule has 35 heavy (non-hydrogen) atoms. The average Bonchev–Trinajstić information content (AvgIpc) is 2.85. The summed E-state index contributed by atoms with van der Waals surface area (Å²) in [4.78, 5) is 0.135. The molecule has 0 saturated carbocycles. The molecule has 4 rings (SSSR count). The van der Waals surface area contributed by atoms with E-state index in [9.17, 15) is 8.42 Å². The molecule has 3 aromatic carbocycles. The summed E-state index contributed by atoms with van der Waals surface area (Å²) in [5.41, 5.74) is 2.90. The van der Waals surface area contributed by atoms with Crippen molar-refractivity contribution in [2.45, 2.75) is 56.0 Å². The Kier molecular flexibility index (Phi) is 8.87. The summed E-state index contributed by atoms with van der Waals surface area (Å²) >= 11 is 12.5. The van der Waals surface area contributed by atoms with Crippen LogP contribution in [0.4, 0.5) is 0 Å². The molecule has 1 unspecified atom stereocenters. The van der Waals surface area contributed by atoms with Crippen molar-refractivity contribution in [3.05, 3.63) is 99.5 Å². The third-order valence-electron chi connectivity index (χ3n) is 5.94. The molecular weight excluding hydrogens is 507 g/mol. The minimum Gasteiger partial charge on any atom is -0.347 e. The molecule has 1 fully saturated rings. The van der Waals surface area contributed by atoms with Gasteiger partial charge in [-0.3, -0.25) is 4.18 Å². The Bertz CT molecular complexity index is 1220. The highest BCUT2D eigenvalue weighted by atomic mass is 35.5. The maximum absolute atomic E-state index is 12.6. The van der Waals surface area contributed by atoms with Crippen molar-refractivity contribution in [3.63, 3.8) is 0 Å². The molecule has 1 aliphatic heterocycles. The number of halogens is 2. The van der Waals surface area contributed by atoms with E-state index in [-0.39, 0.29) is 23.7 Å². The predicted octanol–water partition coefficient (Wildman–Crippen LogP) is 6.90. The van der Waals surface area contributed by atoms with E-state index in [0.29, 0.717) is 29.3 Å². The fourth-order valence-electron chi connectivity index (χ4n) is 4.01. The van der Waals surface area contributed by atoms with Gasteiger partial charge in [0.05, 0.1) is 23.7 Å². The normalized spacial score (nSPS) is 19.4. The van der Waals surface area contributed by atoms with Gasteiger partial charge >= 0.3 is 0 Å². The van der Waals surface area contributed by atoms with Crippen molar-refractivity contribution < 1.29 is 22.1 Å². The molecule has 0 radical (unpaired) electrons. The van der Waals surface area contributed by atoms with Crippen molar-refractivity contribution in [2.75, 3.05) is 6.61 Å². The lowest BCUT2D eigenvalue weighted by atomic mass is 10.0. The summed E-state index contributed by atoms with van der Waals surface area (Å²) in [6.07, 6.45) is 1.62. The number of rotatable bonds is 9. The quantitative estimate of drug-likeness (QED) is 0.279. The summed E-state index contributed by atoms with van der Waals surface area (Å²) in [7, 11) is -3.86. The number of benzene rings is 3. The predicted molar refractivity (Wildman–Crippen MR) is 137 cm³/mol. The average molecular weight is 535 g/mol. The molecule has 0 aliphatic carbocycles. The van der Waals surface area contributed by atoms with Crippen LogP contribution in [-0.4, -0.2) is 27.4 Å². The van der Waals surface area contributed by atoms with Gasteiger partial charge in [-0.25, -0.2) is 0 Å². The zero-order valence-electron chi connectivity index (χ0n) is 19.4. The van der Waals surface area contributed by atoms with Crippen LogP contribution in [-0.2, 0) is 30.2 Å². The molecule has 3 atom stereocenters. The van der Waals surface area contributed by atoms with Gasteiger partial charge in [-0.05, 0) is 61.6 Å². The third-order valence-corrected chi connectivity index (χ3v) is 7.82. The van der Waals surface area contributed by atoms with Gasteiger partial charge in [-0.15, -0.1) is 0 Å². The molecule has 0 bridgehead atoms. The molecule has 0 N–H and O–H groups in total. The van der Waals surface area contributed by atoms with Crippen molar-refractivity contribution in [1.29, 1.82) is 0 Å². The molecular formula is C27H28Cl2O5S. The minimum atomic E-state index is -3.86. The Balaban J connectivity index is 1.41. The summed E-state index contributed by atoms with van der Waals surface area (Å²) in [6, 6.07) is 21.9. The maximum Gasteiger partial charge on any atom is 0.297 e. The highest BCUT2D eigenvalue weighted by Crippen LogP contribution is 2.32. The molecule has 5 nitrogen and oxygen atoms in total. The van der Waals surface area contributed by atoms with Crippen LogP contribution in [0.2, 0.25) is 10.0 Å². The fourth-order valence-corrected chi connectivity index (χ4v) is 5.43. The molecule has 1 heterocycles. The minimum absolute atomic E-state index is 0.0604. The van der Waals surface area contributed by atoms with Crippen LogP contribution in [0.5, 0.6) is 0 Å². The molecule has 0 amide bonds. The second kappa shape index (κ2) is 11.9. The first-order valence-electron chi connectivity index (χ1n) is 11.6. The highest BCUT2D eigenvalue weighted by molar-refractivity contribution is 7.86. The summed E-state index contributed by atoms with van der Waals surface area (Å²) in [5.74, 6) is 0. The Labute approximate surface area is 217 Å². The Hall–Kier alpha value is -1.93.